The third kappa shape index (κ3) is 1.97. The molecule has 2 heterocycles. The van der Waals surface area contributed by atoms with Crippen LogP contribution in [-0.2, 0) is 4.74 Å². The molecule has 3 aromatic rings. The minimum absolute atomic E-state index is 0.355. The number of fused-ring (bicyclic) bond motifs is 1. The predicted molar refractivity (Wildman–Crippen MR) is 72.9 cm³/mol. The molecule has 0 unspecified atom stereocenters. The van der Waals surface area contributed by atoms with Gasteiger partial charge >= 0.3 is 5.97 Å². The van der Waals surface area contributed by atoms with Gasteiger partial charge in [-0.25, -0.2) is 9.78 Å². The SMILES string of the molecule is COC(=O)c1cc(-c2ccc[nH]2)nc2ccccc12. The average molecular weight is 252 g/mol. The molecule has 0 bridgehead atoms. The van der Waals surface area contributed by atoms with E-state index < -0.39 is 0 Å². The highest BCUT2D eigenvalue weighted by Crippen LogP contribution is 2.24. The average Bonchev–Trinajstić information content (AvgIpc) is 2.99. The first-order chi connectivity index (χ1) is 9.29. The molecule has 94 valence electrons. The summed E-state index contributed by atoms with van der Waals surface area (Å²) in [5.41, 5.74) is 2.90. The molecule has 19 heavy (non-hydrogen) atoms. The lowest BCUT2D eigenvalue weighted by Crippen LogP contribution is -2.03. The Morgan fingerprint density at radius 1 is 1.21 bits per heavy atom. The molecule has 0 radical (unpaired) electrons. The van der Waals surface area contributed by atoms with Crippen molar-refractivity contribution >= 4 is 16.9 Å². The number of ether oxygens (including phenoxy) is 1. The second-order valence-electron chi connectivity index (χ2n) is 4.15. The van der Waals surface area contributed by atoms with E-state index in [1.54, 1.807) is 6.07 Å². The van der Waals surface area contributed by atoms with E-state index in [2.05, 4.69) is 9.97 Å². The van der Waals surface area contributed by atoms with Crippen molar-refractivity contribution in [3.63, 3.8) is 0 Å². The third-order valence-electron chi connectivity index (χ3n) is 3.00. The van der Waals surface area contributed by atoms with E-state index in [0.717, 1.165) is 22.3 Å². The van der Waals surface area contributed by atoms with Crippen molar-refractivity contribution in [2.24, 2.45) is 0 Å². The molecule has 3 rings (SSSR count). The lowest BCUT2D eigenvalue weighted by atomic mass is 10.1. The van der Waals surface area contributed by atoms with Crippen LogP contribution in [0.15, 0.2) is 48.7 Å². The number of esters is 1. The molecule has 0 atom stereocenters. The van der Waals surface area contributed by atoms with Crippen molar-refractivity contribution in [3.8, 4) is 11.4 Å². The highest BCUT2D eigenvalue weighted by Gasteiger charge is 2.14. The Balaban J connectivity index is 2.29. The van der Waals surface area contributed by atoms with Crippen molar-refractivity contribution in [2.75, 3.05) is 7.11 Å². The number of hydrogen-bond acceptors (Lipinski definition) is 3. The molecule has 0 amide bonds. The van der Waals surface area contributed by atoms with E-state index in [1.165, 1.54) is 7.11 Å². The van der Waals surface area contributed by atoms with E-state index in [-0.39, 0.29) is 5.97 Å². The van der Waals surface area contributed by atoms with Crippen LogP contribution in [0.4, 0.5) is 0 Å². The largest absolute Gasteiger partial charge is 0.465 e. The number of carbonyl (C=O) groups is 1. The Hall–Kier alpha value is -2.62. The highest BCUT2D eigenvalue weighted by atomic mass is 16.5. The maximum absolute atomic E-state index is 11.9. The Kier molecular flexibility index (Phi) is 2.76. The molecule has 0 aliphatic carbocycles. The summed E-state index contributed by atoms with van der Waals surface area (Å²) in [5.74, 6) is -0.355. The highest BCUT2D eigenvalue weighted by molar-refractivity contribution is 6.04. The lowest BCUT2D eigenvalue weighted by Gasteiger charge is -2.07. The number of benzene rings is 1. The van der Waals surface area contributed by atoms with Gasteiger partial charge in [0.15, 0.2) is 0 Å². The van der Waals surface area contributed by atoms with Crippen molar-refractivity contribution in [3.05, 3.63) is 54.2 Å². The number of aromatic amines is 1. The van der Waals surface area contributed by atoms with Gasteiger partial charge in [-0.2, -0.15) is 0 Å². The molecular weight excluding hydrogens is 240 g/mol. The molecule has 2 aromatic heterocycles. The van der Waals surface area contributed by atoms with Crippen LogP contribution in [0.2, 0.25) is 0 Å². The van der Waals surface area contributed by atoms with E-state index in [4.69, 9.17) is 4.74 Å². The maximum atomic E-state index is 11.9. The zero-order chi connectivity index (χ0) is 13.2. The predicted octanol–water partition coefficient (Wildman–Crippen LogP) is 3.02. The fraction of sp³-hybridized carbons (Fsp3) is 0.0667. The number of H-pyrrole nitrogens is 1. The van der Waals surface area contributed by atoms with Crippen molar-refractivity contribution in [1.29, 1.82) is 0 Å². The molecule has 0 aliphatic rings. The number of methoxy groups -OCH3 is 1. The number of nitrogens with one attached hydrogen (secondary N) is 1. The maximum Gasteiger partial charge on any atom is 0.338 e. The van der Waals surface area contributed by atoms with Gasteiger partial charge < -0.3 is 9.72 Å². The summed E-state index contributed by atoms with van der Waals surface area (Å²) in [4.78, 5) is 19.5. The molecule has 0 saturated carbocycles. The topological polar surface area (TPSA) is 55.0 Å². The monoisotopic (exact) mass is 252 g/mol. The summed E-state index contributed by atoms with van der Waals surface area (Å²) >= 11 is 0. The molecule has 1 aromatic carbocycles. The number of aromatic nitrogens is 2. The molecule has 4 heteroatoms. The van der Waals surface area contributed by atoms with Gasteiger partial charge in [-0.05, 0) is 24.3 Å². The molecule has 0 fully saturated rings. The summed E-state index contributed by atoms with van der Waals surface area (Å²) < 4.78 is 4.84. The number of hydrogen-bond donors (Lipinski definition) is 1. The van der Waals surface area contributed by atoms with Crippen molar-refractivity contribution in [2.45, 2.75) is 0 Å². The number of pyridine rings is 1. The van der Waals surface area contributed by atoms with Crippen LogP contribution < -0.4 is 0 Å². The van der Waals surface area contributed by atoms with Crippen molar-refractivity contribution < 1.29 is 9.53 Å². The quantitative estimate of drug-likeness (QED) is 0.713. The fourth-order valence-corrected chi connectivity index (χ4v) is 2.08. The van der Waals surface area contributed by atoms with Gasteiger partial charge in [0.25, 0.3) is 0 Å². The standard InChI is InChI=1S/C15H12N2O2/c1-19-15(18)11-9-14(13-7-4-8-16-13)17-12-6-3-2-5-10(11)12/h2-9,16H,1H3. The van der Waals surface area contributed by atoms with Crippen LogP contribution in [0.5, 0.6) is 0 Å². The van der Waals surface area contributed by atoms with Gasteiger partial charge in [-0.1, -0.05) is 18.2 Å². The van der Waals surface area contributed by atoms with Crippen molar-refractivity contribution in [1.82, 2.24) is 9.97 Å². The smallest absolute Gasteiger partial charge is 0.338 e. The molecule has 0 spiro atoms. The summed E-state index contributed by atoms with van der Waals surface area (Å²) in [5, 5.41) is 0.796. The Bertz CT molecular complexity index is 733. The van der Waals surface area contributed by atoms with Gasteiger partial charge in [0.05, 0.1) is 29.6 Å². The molecule has 0 saturated heterocycles. The first-order valence-electron chi connectivity index (χ1n) is 5.91. The lowest BCUT2D eigenvalue weighted by molar-refractivity contribution is 0.0603. The van der Waals surface area contributed by atoms with Crippen LogP contribution in [0.1, 0.15) is 10.4 Å². The van der Waals surface area contributed by atoms with Crippen LogP contribution in [0, 0.1) is 0 Å². The van der Waals surface area contributed by atoms with E-state index in [0.29, 0.717) is 5.56 Å². The molecule has 0 aliphatic heterocycles. The zero-order valence-corrected chi connectivity index (χ0v) is 10.4. The normalized spacial score (nSPS) is 10.6. The fourth-order valence-electron chi connectivity index (χ4n) is 2.08. The van der Waals surface area contributed by atoms with E-state index in [1.807, 2.05) is 42.6 Å². The first-order valence-corrected chi connectivity index (χ1v) is 5.91. The molecular formula is C15H12N2O2. The summed E-state index contributed by atoms with van der Waals surface area (Å²) in [6.45, 7) is 0. The van der Waals surface area contributed by atoms with Gasteiger partial charge in [0.1, 0.15) is 0 Å². The zero-order valence-electron chi connectivity index (χ0n) is 10.4. The summed E-state index contributed by atoms with van der Waals surface area (Å²) in [6.07, 6.45) is 1.82. The second-order valence-corrected chi connectivity index (χ2v) is 4.15. The molecule has 1 N–H and O–H groups in total. The summed E-state index contributed by atoms with van der Waals surface area (Å²) in [7, 11) is 1.38. The van der Waals surface area contributed by atoms with Crippen LogP contribution in [0.25, 0.3) is 22.3 Å². The van der Waals surface area contributed by atoms with Gasteiger partial charge in [0, 0.05) is 11.6 Å². The van der Waals surface area contributed by atoms with E-state index >= 15 is 0 Å². The molecule has 4 nitrogen and oxygen atoms in total. The van der Waals surface area contributed by atoms with Crippen LogP contribution in [0.3, 0.4) is 0 Å². The summed E-state index contributed by atoms with van der Waals surface area (Å²) in [6, 6.07) is 13.1. The Morgan fingerprint density at radius 3 is 2.79 bits per heavy atom. The number of rotatable bonds is 2. The van der Waals surface area contributed by atoms with Crippen LogP contribution >= 0.6 is 0 Å². The van der Waals surface area contributed by atoms with Gasteiger partial charge in [-0.15, -0.1) is 0 Å². The second kappa shape index (κ2) is 4.57. The first kappa shape index (κ1) is 11.5. The number of carbonyl (C=O) groups excluding carboxylic acids is 1. The van der Waals surface area contributed by atoms with E-state index in [9.17, 15) is 4.79 Å². The Morgan fingerprint density at radius 2 is 2.05 bits per heavy atom. The number of para-hydroxylation sites is 1. The third-order valence-corrected chi connectivity index (χ3v) is 3.00. The minimum atomic E-state index is -0.355. The minimum Gasteiger partial charge on any atom is -0.465 e. The van der Waals surface area contributed by atoms with Gasteiger partial charge in [-0.3, -0.25) is 0 Å². The van der Waals surface area contributed by atoms with Gasteiger partial charge in [0.2, 0.25) is 0 Å². The Labute approximate surface area is 110 Å². The van der Waals surface area contributed by atoms with Crippen LogP contribution in [-0.4, -0.2) is 23.0 Å². The number of nitrogens with zero attached hydrogens (tertiary/aromatic N) is 1.